The maximum absolute atomic E-state index is 8.70. The van der Waals surface area contributed by atoms with E-state index in [1.807, 2.05) is 6.07 Å². The van der Waals surface area contributed by atoms with Crippen LogP contribution in [0, 0.1) is 17.2 Å². The third kappa shape index (κ3) is 2.67. The summed E-state index contributed by atoms with van der Waals surface area (Å²) < 4.78 is 0. The Kier molecular flexibility index (Phi) is 3.32. The summed E-state index contributed by atoms with van der Waals surface area (Å²) in [5.41, 5.74) is 0.404. The highest BCUT2D eigenvalue weighted by atomic mass is 15.1. The first-order valence-corrected chi connectivity index (χ1v) is 5.42. The van der Waals surface area contributed by atoms with Gasteiger partial charge in [0.15, 0.2) is 0 Å². The van der Waals surface area contributed by atoms with E-state index in [-0.39, 0.29) is 0 Å². The molecule has 1 fully saturated rings. The quantitative estimate of drug-likeness (QED) is 0.807. The van der Waals surface area contributed by atoms with Crippen LogP contribution in [-0.4, -0.2) is 41.5 Å². The molecule has 1 aliphatic heterocycles. The van der Waals surface area contributed by atoms with E-state index in [4.69, 9.17) is 5.26 Å². The second-order valence-corrected chi connectivity index (χ2v) is 4.20. The van der Waals surface area contributed by atoms with Gasteiger partial charge in [-0.25, -0.2) is 9.97 Å². The van der Waals surface area contributed by atoms with E-state index in [9.17, 15) is 0 Å². The summed E-state index contributed by atoms with van der Waals surface area (Å²) in [6.07, 6.45) is 2.64. The normalized spacial score (nSPS) is 20.6. The van der Waals surface area contributed by atoms with Crippen LogP contribution in [0.15, 0.2) is 12.4 Å². The van der Waals surface area contributed by atoms with Crippen LogP contribution in [0.3, 0.4) is 0 Å². The zero-order chi connectivity index (χ0) is 11.4. The molecule has 1 N–H and O–H groups in total. The Balaban J connectivity index is 1.87. The van der Waals surface area contributed by atoms with Crippen molar-refractivity contribution in [2.24, 2.45) is 5.92 Å². The van der Waals surface area contributed by atoms with Crippen molar-refractivity contribution in [3.63, 3.8) is 0 Å². The first-order valence-electron chi connectivity index (χ1n) is 5.42. The Morgan fingerprint density at radius 1 is 1.62 bits per heavy atom. The molecule has 0 spiro atoms. The van der Waals surface area contributed by atoms with Crippen molar-refractivity contribution in [1.29, 1.82) is 5.26 Å². The number of nitrogens with one attached hydrogen (secondary N) is 1. The van der Waals surface area contributed by atoms with Gasteiger partial charge in [0.2, 0.25) is 0 Å². The number of nitrogens with zero attached hydrogens (tertiary/aromatic N) is 4. The molecular weight excluding hydrogens is 202 g/mol. The van der Waals surface area contributed by atoms with Crippen LogP contribution in [0.4, 0.5) is 5.82 Å². The van der Waals surface area contributed by atoms with Gasteiger partial charge in [0.05, 0.1) is 0 Å². The molecule has 0 amide bonds. The molecule has 5 nitrogen and oxygen atoms in total. The van der Waals surface area contributed by atoms with E-state index in [1.54, 1.807) is 6.07 Å². The van der Waals surface area contributed by atoms with Gasteiger partial charge in [-0.05, 0) is 25.9 Å². The maximum atomic E-state index is 8.70. The molecule has 0 aromatic carbocycles. The molecule has 1 saturated heterocycles. The fourth-order valence-corrected chi connectivity index (χ4v) is 1.96. The minimum absolute atomic E-state index is 0.404. The lowest BCUT2D eigenvalue weighted by atomic mass is 10.1. The monoisotopic (exact) mass is 217 g/mol. The van der Waals surface area contributed by atoms with E-state index in [0.717, 1.165) is 18.9 Å². The number of likely N-dealkylation sites (tertiary alicyclic amines) is 1. The van der Waals surface area contributed by atoms with Gasteiger partial charge in [0.1, 0.15) is 23.9 Å². The van der Waals surface area contributed by atoms with E-state index < -0.39 is 0 Å². The SMILES string of the molecule is CN1CCC(CNc2cc(C#N)ncn2)C1. The molecule has 1 aliphatic rings. The van der Waals surface area contributed by atoms with Crippen LogP contribution in [0.25, 0.3) is 0 Å². The Morgan fingerprint density at radius 2 is 2.50 bits per heavy atom. The summed E-state index contributed by atoms with van der Waals surface area (Å²) in [5, 5.41) is 12.0. The van der Waals surface area contributed by atoms with Crippen molar-refractivity contribution in [1.82, 2.24) is 14.9 Å². The van der Waals surface area contributed by atoms with Gasteiger partial charge < -0.3 is 10.2 Å². The molecule has 2 heterocycles. The maximum Gasteiger partial charge on any atom is 0.145 e. The minimum atomic E-state index is 0.404. The molecule has 0 bridgehead atoms. The molecule has 0 radical (unpaired) electrons. The van der Waals surface area contributed by atoms with Crippen molar-refractivity contribution in [2.45, 2.75) is 6.42 Å². The third-order valence-corrected chi connectivity index (χ3v) is 2.84. The molecule has 84 valence electrons. The van der Waals surface area contributed by atoms with Gasteiger partial charge in [-0.15, -0.1) is 0 Å². The first kappa shape index (κ1) is 10.8. The van der Waals surface area contributed by atoms with Gasteiger partial charge in [-0.1, -0.05) is 0 Å². The number of nitriles is 1. The molecular formula is C11H15N5. The number of rotatable bonds is 3. The summed E-state index contributed by atoms with van der Waals surface area (Å²) in [4.78, 5) is 10.2. The predicted molar refractivity (Wildman–Crippen MR) is 60.8 cm³/mol. The van der Waals surface area contributed by atoms with E-state index in [1.165, 1.54) is 19.3 Å². The van der Waals surface area contributed by atoms with Crippen molar-refractivity contribution in [3.05, 3.63) is 18.1 Å². The van der Waals surface area contributed by atoms with Gasteiger partial charge in [0.25, 0.3) is 0 Å². The highest BCUT2D eigenvalue weighted by Crippen LogP contribution is 2.14. The third-order valence-electron chi connectivity index (χ3n) is 2.84. The Labute approximate surface area is 95.1 Å². The second-order valence-electron chi connectivity index (χ2n) is 4.20. The standard InChI is InChI=1S/C11H15N5/c1-16-3-2-9(7-16)6-13-11-4-10(5-12)14-8-15-11/h4,8-9H,2-3,6-7H2,1H3,(H,13,14,15). The van der Waals surface area contributed by atoms with Crippen LogP contribution in [0.5, 0.6) is 0 Å². The Bertz CT molecular complexity index is 398. The van der Waals surface area contributed by atoms with Crippen molar-refractivity contribution in [2.75, 3.05) is 32.0 Å². The summed E-state index contributed by atoms with van der Waals surface area (Å²) >= 11 is 0. The summed E-state index contributed by atoms with van der Waals surface area (Å²) in [5.74, 6) is 1.41. The van der Waals surface area contributed by atoms with Crippen LogP contribution in [-0.2, 0) is 0 Å². The molecule has 2 rings (SSSR count). The van der Waals surface area contributed by atoms with Crippen molar-refractivity contribution >= 4 is 5.82 Å². The average molecular weight is 217 g/mol. The zero-order valence-electron chi connectivity index (χ0n) is 9.35. The van der Waals surface area contributed by atoms with Gasteiger partial charge in [0, 0.05) is 19.2 Å². The predicted octanol–water partition coefficient (Wildman–Crippen LogP) is 0.712. The molecule has 5 heteroatoms. The number of hydrogen-bond acceptors (Lipinski definition) is 5. The lowest BCUT2D eigenvalue weighted by Crippen LogP contribution is -2.19. The second kappa shape index (κ2) is 4.90. The van der Waals surface area contributed by atoms with Gasteiger partial charge >= 0.3 is 0 Å². The fourth-order valence-electron chi connectivity index (χ4n) is 1.96. The first-order chi connectivity index (χ1) is 7.78. The minimum Gasteiger partial charge on any atom is -0.370 e. The lowest BCUT2D eigenvalue weighted by Gasteiger charge is -2.11. The van der Waals surface area contributed by atoms with E-state index >= 15 is 0 Å². The molecule has 0 aliphatic carbocycles. The van der Waals surface area contributed by atoms with Gasteiger partial charge in [-0.2, -0.15) is 5.26 Å². The van der Waals surface area contributed by atoms with Gasteiger partial charge in [-0.3, -0.25) is 0 Å². The molecule has 1 aromatic heterocycles. The molecule has 1 atom stereocenters. The molecule has 0 saturated carbocycles. The summed E-state index contributed by atoms with van der Waals surface area (Å²) in [6, 6.07) is 3.68. The van der Waals surface area contributed by atoms with Crippen molar-refractivity contribution in [3.8, 4) is 6.07 Å². The van der Waals surface area contributed by atoms with E-state index in [2.05, 4.69) is 27.2 Å². The number of hydrogen-bond donors (Lipinski definition) is 1. The number of anilines is 1. The van der Waals surface area contributed by atoms with Crippen LogP contribution in [0.1, 0.15) is 12.1 Å². The molecule has 1 aromatic rings. The highest BCUT2D eigenvalue weighted by Gasteiger charge is 2.18. The Morgan fingerprint density at radius 3 is 3.19 bits per heavy atom. The molecule has 1 unspecified atom stereocenters. The zero-order valence-corrected chi connectivity index (χ0v) is 9.35. The highest BCUT2D eigenvalue weighted by molar-refractivity contribution is 5.38. The Hall–Kier alpha value is -1.67. The topological polar surface area (TPSA) is 64.8 Å². The summed E-state index contributed by atoms with van der Waals surface area (Å²) in [6.45, 7) is 3.20. The van der Waals surface area contributed by atoms with Crippen LogP contribution >= 0.6 is 0 Å². The van der Waals surface area contributed by atoms with E-state index in [0.29, 0.717) is 11.6 Å². The van der Waals surface area contributed by atoms with Crippen LogP contribution < -0.4 is 5.32 Å². The van der Waals surface area contributed by atoms with Crippen molar-refractivity contribution < 1.29 is 0 Å². The number of aromatic nitrogens is 2. The summed E-state index contributed by atoms with van der Waals surface area (Å²) in [7, 11) is 2.14. The smallest absolute Gasteiger partial charge is 0.145 e. The largest absolute Gasteiger partial charge is 0.370 e. The fraction of sp³-hybridized carbons (Fsp3) is 0.545. The lowest BCUT2D eigenvalue weighted by molar-refractivity contribution is 0.399. The van der Waals surface area contributed by atoms with Crippen LogP contribution in [0.2, 0.25) is 0 Å². The average Bonchev–Trinajstić information content (AvgIpc) is 2.73. The molecule has 16 heavy (non-hydrogen) atoms.